The van der Waals surface area contributed by atoms with Gasteiger partial charge < -0.3 is 9.47 Å². The van der Waals surface area contributed by atoms with Gasteiger partial charge in [0.25, 0.3) is 11.5 Å². The molecule has 4 rings (SSSR count). The van der Waals surface area contributed by atoms with E-state index in [0.717, 1.165) is 16.0 Å². The molecule has 174 valence electrons. The molecule has 0 bridgehead atoms. The molecular weight excluding hydrogens is 452 g/mol. The lowest BCUT2D eigenvalue weighted by Gasteiger charge is -2.11. The summed E-state index contributed by atoms with van der Waals surface area (Å²) in [5, 5.41) is 4.48. The quantitative estimate of drug-likeness (QED) is 0.290. The number of aromatic nitrogens is 2. The Hall–Kier alpha value is -3.98. The molecule has 0 atom stereocenters. The van der Waals surface area contributed by atoms with E-state index in [1.165, 1.54) is 28.4 Å². The first-order chi connectivity index (χ1) is 16.6. The van der Waals surface area contributed by atoms with Gasteiger partial charge >= 0.3 is 0 Å². The first-order valence-corrected chi connectivity index (χ1v) is 11.7. The summed E-state index contributed by atoms with van der Waals surface area (Å²) in [5.41, 5.74) is 3.94. The molecule has 0 radical (unpaired) electrons. The first kappa shape index (κ1) is 23.2. The van der Waals surface area contributed by atoms with Gasteiger partial charge in [-0.25, -0.2) is 10.4 Å². The number of thiophene rings is 1. The number of carbonyl (C=O) groups excluding carboxylic acids is 1. The molecule has 4 aromatic rings. The predicted molar refractivity (Wildman–Crippen MR) is 134 cm³/mol. The van der Waals surface area contributed by atoms with Gasteiger partial charge in [0.15, 0.2) is 11.5 Å². The van der Waals surface area contributed by atoms with Crippen molar-refractivity contribution in [2.24, 2.45) is 5.10 Å². The van der Waals surface area contributed by atoms with Crippen molar-refractivity contribution >= 4 is 33.7 Å². The number of hydrogen-bond acceptors (Lipinski definition) is 7. The molecule has 0 saturated carbocycles. The second-order valence-electron chi connectivity index (χ2n) is 7.24. The van der Waals surface area contributed by atoms with E-state index < -0.39 is 5.91 Å². The SMILES string of the molecule is CCOc1ccc(/C=N/NC(=O)Cn2cnc3sc(-c4ccccc4)cc3c2=O)cc1OCC. The zero-order chi connectivity index (χ0) is 23.9. The topological polar surface area (TPSA) is 94.8 Å². The summed E-state index contributed by atoms with van der Waals surface area (Å²) >= 11 is 1.44. The van der Waals surface area contributed by atoms with Crippen molar-refractivity contribution in [3.05, 3.63) is 76.8 Å². The van der Waals surface area contributed by atoms with Crippen LogP contribution in [-0.2, 0) is 11.3 Å². The molecule has 9 heteroatoms. The molecule has 0 aliphatic heterocycles. The maximum Gasteiger partial charge on any atom is 0.262 e. The van der Waals surface area contributed by atoms with Crippen LogP contribution >= 0.6 is 11.3 Å². The van der Waals surface area contributed by atoms with Crippen LogP contribution in [0.15, 0.2) is 70.8 Å². The van der Waals surface area contributed by atoms with Crippen molar-refractivity contribution in [3.63, 3.8) is 0 Å². The van der Waals surface area contributed by atoms with Crippen molar-refractivity contribution in [2.75, 3.05) is 13.2 Å². The van der Waals surface area contributed by atoms with Crippen molar-refractivity contribution in [1.29, 1.82) is 0 Å². The monoisotopic (exact) mass is 476 g/mol. The number of hydrogen-bond donors (Lipinski definition) is 1. The van der Waals surface area contributed by atoms with Gasteiger partial charge in [-0.1, -0.05) is 30.3 Å². The van der Waals surface area contributed by atoms with E-state index in [1.54, 1.807) is 12.1 Å². The van der Waals surface area contributed by atoms with Gasteiger partial charge in [-0.3, -0.25) is 14.2 Å². The summed E-state index contributed by atoms with van der Waals surface area (Å²) in [5.74, 6) is 0.821. The fraction of sp³-hybridized carbons (Fsp3) is 0.200. The van der Waals surface area contributed by atoms with Crippen LogP contribution in [0.4, 0.5) is 0 Å². The average molecular weight is 477 g/mol. The van der Waals surface area contributed by atoms with Gasteiger partial charge in [0.2, 0.25) is 0 Å². The number of nitrogens with one attached hydrogen (secondary N) is 1. The van der Waals surface area contributed by atoms with Crippen LogP contribution in [0.2, 0.25) is 0 Å². The van der Waals surface area contributed by atoms with Crippen molar-refractivity contribution in [2.45, 2.75) is 20.4 Å². The second-order valence-corrected chi connectivity index (χ2v) is 8.27. The molecule has 2 aromatic heterocycles. The highest BCUT2D eigenvalue weighted by Crippen LogP contribution is 2.30. The van der Waals surface area contributed by atoms with E-state index in [1.807, 2.05) is 56.3 Å². The zero-order valence-electron chi connectivity index (χ0n) is 18.9. The highest BCUT2D eigenvalue weighted by Gasteiger charge is 2.12. The number of amides is 1. The number of rotatable bonds is 9. The smallest absolute Gasteiger partial charge is 0.262 e. The molecule has 0 spiro atoms. The maximum atomic E-state index is 12.9. The van der Waals surface area contributed by atoms with Gasteiger partial charge in [-0.15, -0.1) is 11.3 Å². The van der Waals surface area contributed by atoms with Crippen LogP contribution in [0, 0.1) is 0 Å². The first-order valence-electron chi connectivity index (χ1n) is 10.8. The van der Waals surface area contributed by atoms with E-state index in [4.69, 9.17) is 9.47 Å². The fourth-order valence-electron chi connectivity index (χ4n) is 3.33. The van der Waals surface area contributed by atoms with E-state index in [9.17, 15) is 9.59 Å². The minimum absolute atomic E-state index is 0.191. The molecule has 0 fully saturated rings. The Bertz CT molecular complexity index is 1380. The molecule has 2 aromatic carbocycles. The summed E-state index contributed by atoms with van der Waals surface area (Å²) in [4.78, 5) is 31.2. The summed E-state index contributed by atoms with van der Waals surface area (Å²) < 4.78 is 12.4. The molecule has 0 unspecified atom stereocenters. The standard InChI is InChI=1S/C25H24N4O4S/c1-3-32-20-11-10-17(12-21(20)33-4-2)14-27-28-23(30)15-29-16-26-24-19(25(29)31)13-22(34-24)18-8-6-5-7-9-18/h5-14,16H,3-4,15H2,1-2H3,(H,28,30)/b27-14+. The Morgan fingerprint density at radius 2 is 1.85 bits per heavy atom. The Balaban J connectivity index is 1.44. The average Bonchev–Trinajstić information content (AvgIpc) is 3.29. The largest absolute Gasteiger partial charge is 0.490 e. The minimum atomic E-state index is -0.436. The Morgan fingerprint density at radius 3 is 2.62 bits per heavy atom. The second kappa shape index (κ2) is 10.8. The van der Waals surface area contributed by atoms with Crippen LogP contribution in [0.1, 0.15) is 19.4 Å². The molecule has 8 nitrogen and oxygen atoms in total. The number of carbonyl (C=O) groups is 1. The van der Waals surface area contributed by atoms with Crippen LogP contribution in [-0.4, -0.2) is 34.9 Å². The van der Waals surface area contributed by atoms with Crippen molar-refractivity contribution < 1.29 is 14.3 Å². The Labute approximate surface area is 200 Å². The molecule has 1 N–H and O–H groups in total. The molecule has 34 heavy (non-hydrogen) atoms. The normalized spacial score (nSPS) is 11.1. The number of hydrazone groups is 1. The van der Waals surface area contributed by atoms with Gasteiger partial charge in [0, 0.05) is 4.88 Å². The van der Waals surface area contributed by atoms with E-state index >= 15 is 0 Å². The van der Waals surface area contributed by atoms with Crippen LogP contribution in [0.3, 0.4) is 0 Å². The summed E-state index contributed by atoms with van der Waals surface area (Å²) in [6, 6.07) is 17.0. The lowest BCUT2D eigenvalue weighted by atomic mass is 10.2. The van der Waals surface area contributed by atoms with Crippen LogP contribution < -0.4 is 20.5 Å². The number of nitrogens with zero attached hydrogens (tertiary/aromatic N) is 3. The Kier molecular flexibility index (Phi) is 7.34. The lowest BCUT2D eigenvalue weighted by molar-refractivity contribution is -0.121. The number of fused-ring (bicyclic) bond motifs is 1. The molecular formula is C25H24N4O4S. The maximum absolute atomic E-state index is 12.9. The Morgan fingerprint density at radius 1 is 1.09 bits per heavy atom. The van der Waals surface area contributed by atoms with E-state index in [-0.39, 0.29) is 12.1 Å². The summed E-state index contributed by atoms with van der Waals surface area (Å²) in [6.07, 6.45) is 2.89. The third-order valence-electron chi connectivity index (χ3n) is 4.86. The molecule has 0 aliphatic carbocycles. The zero-order valence-corrected chi connectivity index (χ0v) is 19.7. The minimum Gasteiger partial charge on any atom is -0.490 e. The summed E-state index contributed by atoms with van der Waals surface area (Å²) in [6.45, 7) is 4.64. The number of benzene rings is 2. The molecule has 2 heterocycles. The lowest BCUT2D eigenvalue weighted by Crippen LogP contribution is -2.29. The van der Waals surface area contributed by atoms with Gasteiger partial charge in [-0.05, 0) is 49.2 Å². The van der Waals surface area contributed by atoms with E-state index in [0.29, 0.717) is 34.9 Å². The van der Waals surface area contributed by atoms with Gasteiger partial charge in [0.1, 0.15) is 11.4 Å². The number of ether oxygens (including phenoxy) is 2. The van der Waals surface area contributed by atoms with Crippen molar-refractivity contribution in [3.8, 4) is 21.9 Å². The van der Waals surface area contributed by atoms with Gasteiger partial charge in [0.05, 0.1) is 31.1 Å². The van der Waals surface area contributed by atoms with E-state index in [2.05, 4.69) is 15.5 Å². The molecule has 1 amide bonds. The van der Waals surface area contributed by atoms with Crippen LogP contribution in [0.5, 0.6) is 11.5 Å². The van der Waals surface area contributed by atoms with Crippen molar-refractivity contribution in [1.82, 2.24) is 15.0 Å². The third kappa shape index (κ3) is 5.32. The predicted octanol–water partition coefficient (Wildman–Crippen LogP) is 4.07. The third-order valence-corrected chi connectivity index (χ3v) is 5.95. The van der Waals surface area contributed by atoms with Crippen LogP contribution in [0.25, 0.3) is 20.7 Å². The summed E-state index contributed by atoms with van der Waals surface area (Å²) in [7, 11) is 0. The molecule has 0 aliphatic rings. The highest BCUT2D eigenvalue weighted by atomic mass is 32.1. The molecule has 0 saturated heterocycles. The highest BCUT2D eigenvalue weighted by molar-refractivity contribution is 7.21. The van der Waals surface area contributed by atoms with Gasteiger partial charge in [-0.2, -0.15) is 5.10 Å². The fourth-order valence-corrected chi connectivity index (χ4v) is 4.33.